The smallest absolute Gasteiger partial charge is 0.170 e. The van der Waals surface area contributed by atoms with Crippen LogP contribution in [0.15, 0.2) is 60.8 Å². The minimum Gasteiger partial charge on any atom is -0.396 e. The molecule has 1 aliphatic rings. The van der Waals surface area contributed by atoms with Crippen molar-refractivity contribution in [1.82, 2.24) is 19.8 Å². The average molecular weight is 421 g/mol. The first-order valence-electron chi connectivity index (χ1n) is 10.4. The van der Waals surface area contributed by atoms with Crippen LogP contribution in [0, 0.1) is 13.8 Å². The molecule has 2 atom stereocenters. The van der Waals surface area contributed by atoms with Gasteiger partial charge in [-0.2, -0.15) is 0 Å². The summed E-state index contributed by atoms with van der Waals surface area (Å²) in [6.45, 7) is 6.04. The zero-order valence-corrected chi connectivity index (χ0v) is 18.3. The van der Waals surface area contributed by atoms with E-state index in [1.165, 1.54) is 22.5 Å². The molecule has 0 unspecified atom stereocenters. The summed E-state index contributed by atoms with van der Waals surface area (Å²) in [4.78, 5) is 6.82. The SMILES string of the molecule is Cc1cc([C@@H]2[C@H](c3ccccn3)NC(=S)N2CCCO)c(C)n1Cc1ccccc1. The summed E-state index contributed by atoms with van der Waals surface area (Å²) in [5.74, 6) is 0. The van der Waals surface area contributed by atoms with Crippen molar-refractivity contribution < 1.29 is 5.11 Å². The zero-order chi connectivity index (χ0) is 21.1. The Bertz CT molecular complexity index is 1000. The van der Waals surface area contributed by atoms with Crippen LogP contribution in [0.25, 0.3) is 0 Å². The second-order valence-electron chi connectivity index (χ2n) is 7.80. The Kier molecular flexibility index (Phi) is 6.16. The third kappa shape index (κ3) is 3.98. The van der Waals surface area contributed by atoms with Crippen molar-refractivity contribution in [2.45, 2.75) is 38.9 Å². The molecule has 0 radical (unpaired) electrons. The molecule has 6 heteroatoms. The Morgan fingerprint density at radius 3 is 2.57 bits per heavy atom. The lowest BCUT2D eigenvalue weighted by molar-refractivity contribution is 0.247. The predicted octanol–water partition coefficient (Wildman–Crippen LogP) is 3.90. The van der Waals surface area contributed by atoms with E-state index in [1.54, 1.807) is 0 Å². The Balaban J connectivity index is 1.74. The highest BCUT2D eigenvalue weighted by Gasteiger charge is 2.40. The van der Waals surface area contributed by atoms with E-state index in [-0.39, 0.29) is 18.7 Å². The van der Waals surface area contributed by atoms with E-state index in [9.17, 15) is 5.11 Å². The van der Waals surface area contributed by atoms with Crippen molar-refractivity contribution in [2.75, 3.05) is 13.2 Å². The topological polar surface area (TPSA) is 53.3 Å². The molecule has 0 bridgehead atoms. The van der Waals surface area contributed by atoms with E-state index < -0.39 is 0 Å². The number of aryl methyl sites for hydroxylation is 1. The molecule has 5 nitrogen and oxygen atoms in total. The summed E-state index contributed by atoms with van der Waals surface area (Å²) < 4.78 is 2.37. The Morgan fingerprint density at radius 1 is 1.10 bits per heavy atom. The Morgan fingerprint density at radius 2 is 1.87 bits per heavy atom. The van der Waals surface area contributed by atoms with Gasteiger partial charge in [0, 0.05) is 37.3 Å². The van der Waals surface area contributed by atoms with Gasteiger partial charge in [0.1, 0.15) is 0 Å². The van der Waals surface area contributed by atoms with Gasteiger partial charge >= 0.3 is 0 Å². The molecule has 2 aromatic heterocycles. The number of nitrogens with one attached hydrogen (secondary N) is 1. The van der Waals surface area contributed by atoms with Crippen molar-refractivity contribution in [1.29, 1.82) is 0 Å². The van der Waals surface area contributed by atoms with Crippen molar-refractivity contribution in [3.8, 4) is 0 Å². The fourth-order valence-electron chi connectivity index (χ4n) is 4.36. The van der Waals surface area contributed by atoms with E-state index in [0.717, 1.165) is 17.4 Å². The number of hydrogen-bond acceptors (Lipinski definition) is 3. The predicted molar refractivity (Wildman–Crippen MR) is 123 cm³/mol. The number of thiocarbonyl (C=S) groups is 1. The van der Waals surface area contributed by atoms with E-state index in [0.29, 0.717) is 13.0 Å². The molecule has 3 heterocycles. The Labute approximate surface area is 183 Å². The molecule has 1 saturated heterocycles. The van der Waals surface area contributed by atoms with Crippen molar-refractivity contribution in [3.05, 3.63) is 89.0 Å². The van der Waals surface area contributed by atoms with Crippen molar-refractivity contribution >= 4 is 17.3 Å². The first-order chi connectivity index (χ1) is 14.6. The quantitative estimate of drug-likeness (QED) is 0.568. The number of pyridine rings is 1. The highest BCUT2D eigenvalue weighted by atomic mass is 32.1. The van der Waals surface area contributed by atoms with E-state index in [4.69, 9.17) is 12.2 Å². The number of rotatable bonds is 7. The van der Waals surface area contributed by atoms with Crippen LogP contribution in [0.2, 0.25) is 0 Å². The normalized spacial score (nSPS) is 18.6. The molecule has 1 fully saturated rings. The molecule has 0 spiro atoms. The molecule has 2 N–H and O–H groups in total. The summed E-state index contributed by atoms with van der Waals surface area (Å²) in [6, 6.07) is 18.8. The van der Waals surface area contributed by atoms with Crippen LogP contribution in [-0.2, 0) is 6.54 Å². The van der Waals surface area contributed by atoms with Crippen LogP contribution < -0.4 is 5.32 Å². The number of hydrogen-bond donors (Lipinski definition) is 2. The second-order valence-corrected chi connectivity index (χ2v) is 8.18. The lowest BCUT2D eigenvalue weighted by Gasteiger charge is -2.28. The number of benzene rings is 1. The van der Waals surface area contributed by atoms with Gasteiger partial charge in [0.25, 0.3) is 0 Å². The monoisotopic (exact) mass is 420 g/mol. The summed E-state index contributed by atoms with van der Waals surface area (Å²) in [6.07, 6.45) is 2.50. The summed E-state index contributed by atoms with van der Waals surface area (Å²) in [5.41, 5.74) is 5.98. The largest absolute Gasteiger partial charge is 0.396 e. The number of aromatic nitrogens is 2. The summed E-state index contributed by atoms with van der Waals surface area (Å²) in [5, 5.41) is 13.6. The lowest BCUT2D eigenvalue weighted by atomic mass is 9.96. The summed E-state index contributed by atoms with van der Waals surface area (Å²) >= 11 is 5.69. The zero-order valence-electron chi connectivity index (χ0n) is 17.5. The Hall–Kier alpha value is -2.70. The van der Waals surface area contributed by atoms with Gasteiger partial charge in [-0.05, 0) is 61.8 Å². The van der Waals surface area contributed by atoms with Crippen LogP contribution in [0.1, 0.15) is 46.7 Å². The van der Waals surface area contributed by atoms with Gasteiger partial charge in [-0.15, -0.1) is 0 Å². The maximum atomic E-state index is 9.41. The van der Waals surface area contributed by atoms with E-state index in [1.807, 2.05) is 30.5 Å². The minimum atomic E-state index is -0.0249. The maximum Gasteiger partial charge on any atom is 0.170 e. The molecule has 0 aliphatic carbocycles. The van der Waals surface area contributed by atoms with Crippen LogP contribution >= 0.6 is 12.2 Å². The van der Waals surface area contributed by atoms with Gasteiger partial charge < -0.3 is 19.9 Å². The molecular formula is C24H28N4OS. The third-order valence-electron chi connectivity index (χ3n) is 5.87. The standard InChI is InChI=1S/C24H28N4OS/c1-17-15-20(18(2)28(17)16-19-9-4-3-5-10-19)23-22(21-11-6-7-12-25-21)26-24(30)27(23)13-8-14-29/h3-7,9-12,15,22-23,29H,8,13-14,16H2,1-2H3,(H,26,30)/t22-,23+/m0/s1. The van der Waals surface area contributed by atoms with Gasteiger partial charge in [0.15, 0.2) is 5.11 Å². The van der Waals surface area contributed by atoms with Gasteiger partial charge in [-0.3, -0.25) is 4.98 Å². The lowest BCUT2D eigenvalue weighted by Crippen LogP contribution is -2.31. The molecule has 0 amide bonds. The molecule has 30 heavy (non-hydrogen) atoms. The molecule has 3 aromatic rings. The molecule has 1 aliphatic heterocycles. The minimum absolute atomic E-state index is 0.0249. The summed E-state index contributed by atoms with van der Waals surface area (Å²) in [7, 11) is 0. The van der Waals surface area contributed by atoms with Crippen LogP contribution in [0.4, 0.5) is 0 Å². The highest BCUT2D eigenvalue weighted by Crippen LogP contribution is 2.40. The fraction of sp³-hybridized carbons (Fsp3) is 0.333. The maximum absolute atomic E-state index is 9.41. The van der Waals surface area contributed by atoms with Crippen LogP contribution in [-0.4, -0.2) is 37.8 Å². The van der Waals surface area contributed by atoms with Gasteiger partial charge in [0.05, 0.1) is 17.8 Å². The first kappa shape index (κ1) is 20.6. The van der Waals surface area contributed by atoms with Crippen LogP contribution in [0.3, 0.4) is 0 Å². The second kappa shape index (κ2) is 8.98. The number of aliphatic hydroxyl groups is 1. The molecule has 1 aromatic carbocycles. The van der Waals surface area contributed by atoms with E-state index >= 15 is 0 Å². The molecular weight excluding hydrogens is 392 g/mol. The number of nitrogens with zero attached hydrogens (tertiary/aromatic N) is 3. The van der Waals surface area contributed by atoms with Crippen LogP contribution in [0.5, 0.6) is 0 Å². The molecule has 156 valence electrons. The molecule has 4 rings (SSSR count). The molecule has 0 saturated carbocycles. The van der Waals surface area contributed by atoms with Gasteiger partial charge in [0.2, 0.25) is 0 Å². The number of aliphatic hydroxyl groups excluding tert-OH is 1. The fourth-order valence-corrected chi connectivity index (χ4v) is 4.69. The van der Waals surface area contributed by atoms with Gasteiger partial charge in [-0.1, -0.05) is 36.4 Å². The van der Waals surface area contributed by atoms with E-state index in [2.05, 4.69) is 63.9 Å². The third-order valence-corrected chi connectivity index (χ3v) is 6.22. The highest BCUT2D eigenvalue weighted by molar-refractivity contribution is 7.80. The average Bonchev–Trinajstić information content (AvgIpc) is 3.24. The van der Waals surface area contributed by atoms with Gasteiger partial charge in [-0.25, -0.2) is 0 Å². The van der Waals surface area contributed by atoms with Crippen molar-refractivity contribution in [2.24, 2.45) is 0 Å². The first-order valence-corrected chi connectivity index (χ1v) is 10.8. The van der Waals surface area contributed by atoms with Crippen molar-refractivity contribution in [3.63, 3.8) is 0 Å².